The predicted molar refractivity (Wildman–Crippen MR) is 40.5 cm³/mol. The quantitative estimate of drug-likeness (QED) is 0.490. The molecule has 0 bridgehead atoms. The third-order valence-electron chi connectivity index (χ3n) is 2.29. The molecule has 0 aromatic carbocycles. The Morgan fingerprint density at radius 2 is 2.25 bits per heavy atom. The predicted octanol–water partition coefficient (Wildman–Crippen LogP) is -1.21. The molecule has 1 aliphatic rings. The van der Waals surface area contributed by atoms with E-state index in [4.69, 9.17) is 20.7 Å². The van der Waals surface area contributed by atoms with Gasteiger partial charge in [0.15, 0.2) is 6.10 Å². The minimum absolute atomic E-state index is 0.115. The molecule has 1 rings (SSSR count). The van der Waals surface area contributed by atoms with E-state index in [1.165, 1.54) is 0 Å². The molecule has 0 spiro atoms. The van der Waals surface area contributed by atoms with Crippen molar-refractivity contribution in [1.82, 2.24) is 0 Å². The minimum atomic E-state index is -1.06. The van der Waals surface area contributed by atoms with Gasteiger partial charge in [-0.25, -0.2) is 4.79 Å². The number of aliphatic hydroxyl groups excluding tert-OH is 1. The highest BCUT2D eigenvalue weighted by Gasteiger charge is 2.43. The van der Waals surface area contributed by atoms with Gasteiger partial charge in [-0.3, -0.25) is 0 Å². The number of ether oxygens (including phenoxy) is 1. The van der Waals surface area contributed by atoms with Crippen LogP contribution in [-0.2, 0) is 9.53 Å². The summed E-state index contributed by atoms with van der Waals surface area (Å²) in [5.41, 5.74) is 5.57. The van der Waals surface area contributed by atoms with Crippen LogP contribution in [0.3, 0.4) is 0 Å². The molecule has 70 valence electrons. The van der Waals surface area contributed by atoms with Crippen LogP contribution in [-0.4, -0.2) is 41.0 Å². The Bertz CT molecular complexity index is 184. The lowest BCUT2D eigenvalue weighted by molar-refractivity contribution is -0.150. The zero-order chi connectivity index (χ0) is 9.30. The number of hydrogen-bond acceptors (Lipinski definition) is 4. The number of aliphatic hydroxyl groups is 1. The van der Waals surface area contributed by atoms with Crippen LogP contribution in [0.5, 0.6) is 0 Å². The van der Waals surface area contributed by atoms with Gasteiger partial charge in [-0.1, -0.05) is 6.92 Å². The second kappa shape index (κ2) is 3.38. The first-order chi connectivity index (χ1) is 5.57. The summed E-state index contributed by atoms with van der Waals surface area (Å²) in [7, 11) is 0. The topological polar surface area (TPSA) is 92.8 Å². The summed E-state index contributed by atoms with van der Waals surface area (Å²) in [5.74, 6) is -1.18. The standard InChI is InChI=1S/C7H13NO4/c1-3-4(2-9)12-6(5(3)8)7(10)11/h3-6,9H,2,8H2,1H3,(H,10,11). The molecule has 0 saturated carbocycles. The Kier molecular flexibility index (Phi) is 2.66. The van der Waals surface area contributed by atoms with Crippen molar-refractivity contribution >= 4 is 5.97 Å². The van der Waals surface area contributed by atoms with E-state index in [0.717, 1.165) is 0 Å². The van der Waals surface area contributed by atoms with Crippen LogP contribution in [0.2, 0.25) is 0 Å². The molecule has 0 amide bonds. The zero-order valence-corrected chi connectivity index (χ0v) is 6.80. The summed E-state index contributed by atoms with van der Waals surface area (Å²) in [4.78, 5) is 10.5. The van der Waals surface area contributed by atoms with Crippen LogP contribution in [0.1, 0.15) is 6.92 Å². The molecule has 1 fully saturated rings. The fourth-order valence-corrected chi connectivity index (χ4v) is 1.36. The van der Waals surface area contributed by atoms with Gasteiger partial charge in [0.1, 0.15) is 0 Å². The van der Waals surface area contributed by atoms with Crippen LogP contribution in [0.4, 0.5) is 0 Å². The van der Waals surface area contributed by atoms with E-state index in [9.17, 15) is 4.79 Å². The second-order valence-corrected chi connectivity index (χ2v) is 3.05. The van der Waals surface area contributed by atoms with Crippen LogP contribution in [0, 0.1) is 5.92 Å². The van der Waals surface area contributed by atoms with E-state index in [1.807, 2.05) is 0 Å². The molecule has 0 aliphatic carbocycles. The molecular formula is C7H13NO4. The molecule has 4 atom stereocenters. The van der Waals surface area contributed by atoms with Gasteiger partial charge in [-0.05, 0) is 0 Å². The highest BCUT2D eigenvalue weighted by molar-refractivity contribution is 5.73. The molecule has 5 nitrogen and oxygen atoms in total. The minimum Gasteiger partial charge on any atom is -0.479 e. The van der Waals surface area contributed by atoms with Gasteiger partial charge in [-0.15, -0.1) is 0 Å². The summed E-state index contributed by atoms with van der Waals surface area (Å²) < 4.78 is 5.02. The molecule has 0 radical (unpaired) electrons. The number of aliphatic carboxylic acids is 1. The Morgan fingerprint density at radius 3 is 2.50 bits per heavy atom. The fourth-order valence-electron chi connectivity index (χ4n) is 1.36. The van der Waals surface area contributed by atoms with Crippen molar-refractivity contribution in [3.05, 3.63) is 0 Å². The maximum Gasteiger partial charge on any atom is 0.334 e. The van der Waals surface area contributed by atoms with Gasteiger partial charge in [0.05, 0.1) is 12.7 Å². The highest BCUT2D eigenvalue weighted by atomic mass is 16.5. The molecule has 0 aromatic heterocycles. The first-order valence-corrected chi connectivity index (χ1v) is 3.82. The molecule has 4 N–H and O–H groups in total. The largest absolute Gasteiger partial charge is 0.479 e. The van der Waals surface area contributed by atoms with Gasteiger partial charge in [0, 0.05) is 12.0 Å². The van der Waals surface area contributed by atoms with Crippen molar-refractivity contribution in [2.75, 3.05) is 6.61 Å². The fraction of sp³-hybridized carbons (Fsp3) is 0.857. The number of nitrogens with two attached hydrogens (primary N) is 1. The van der Waals surface area contributed by atoms with E-state index in [0.29, 0.717) is 0 Å². The normalized spacial score (nSPS) is 41.6. The van der Waals surface area contributed by atoms with Crippen molar-refractivity contribution in [2.45, 2.75) is 25.2 Å². The van der Waals surface area contributed by atoms with Crippen LogP contribution in [0.15, 0.2) is 0 Å². The van der Waals surface area contributed by atoms with Gasteiger partial charge in [0.25, 0.3) is 0 Å². The summed E-state index contributed by atoms with van der Waals surface area (Å²) >= 11 is 0. The Balaban J connectivity index is 2.66. The van der Waals surface area contributed by atoms with Crippen molar-refractivity contribution in [3.8, 4) is 0 Å². The molecule has 4 unspecified atom stereocenters. The average Bonchev–Trinajstić information content (AvgIpc) is 2.30. The Hall–Kier alpha value is -0.650. The molecule has 1 heterocycles. The van der Waals surface area contributed by atoms with Crippen molar-refractivity contribution in [1.29, 1.82) is 0 Å². The molecule has 1 saturated heterocycles. The van der Waals surface area contributed by atoms with Crippen LogP contribution in [0.25, 0.3) is 0 Å². The van der Waals surface area contributed by atoms with Crippen LogP contribution >= 0.6 is 0 Å². The van der Waals surface area contributed by atoms with Gasteiger partial charge < -0.3 is 20.7 Å². The number of rotatable bonds is 2. The maximum absolute atomic E-state index is 10.5. The Labute approximate surface area is 70.1 Å². The zero-order valence-electron chi connectivity index (χ0n) is 6.80. The first-order valence-electron chi connectivity index (χ1n) is 3.82. The summed E-state index contributed by atoms with van der Waals surface area (Å²) in [6.45, 7) is 1.59. The average molecular weight is 175 g/mol. The molecule has 1 aliphatic heterocycles. The highest BCUT2D eigenvalue weighted by Crippen LogP contribution is 2.24. The number of carbonyl (C=O) groups is 1. The van der Waals surface area contributed by atoms with Gasteiger partial charge in [-0.2, -0.15) is 0 Å². The first kappa shape index (κ1) is 9.44. The molecular weight excluding hydrogens is 162 g/mol. The number of carboxylic acids is 1. The lowest BCUT2D eigenvalue weighted by Gasteiger charge is -2.12. The summed E-state index contributed by atoms with van der Waals surface area (Å²) in [6, 6.07) is -0.528. The van der Waals surface area contributed by atoms with E-state index in [-0.39, 0.29) is 12.5 Å². The van der Waals surface area contributed by atoms with E-state index < -0.39 is 24.2 Å². The van der Waals surface area contributed by atoms with Crippen molar-refractivity contribution in [2.24, 2.45) is 11.7 Å². The lowest BCUT2D eigenvalue weighted by Crippen LogP contribution is -2.39. The van der Waals surface area contributed by atoms with E-state index >= 15 is 0 Å². The lowest BCUT2D eigenvalue weighted by atomic mass is 9.97. The molecule has 5 heteroatoms. The van der Waals surface area contributed by atoms with Crippen molar-refractivity contribution in [3.63, 3.8) is 0 Å². The number of hydrogen-bond donors (Lipinski definition) is 3. The maximum atomic E-state index is 10.5. The molecule has 12 heavy (non-hydrogen) atoms. The third-order valence-corrected chi connectivity index (χ3v) is 2.29. The summed E-state index contributed by atoms with van der Waals surface area (Å²) in [5, 5.41) is 17.4. The van der Waals surface area contributed by atoms with Gasteiger partial charge in [0.2, 0.25) is 0 Å². The monoisotopic (exact) mass is 175 g/mol. The smallest absolute Gasteiger partial charge is 0.334 e. The second-order valence-electron chi connectivity index (χ2n) is 3.05. The van der Waals surface area contributed by atoms with Gasteiger partial charge >= 0.3 is 5.97 Å². The number of carboxylic acid groups (broad SMARTS) is 1. The van der Waals surface area contributed by atoms with E-state index in [1.54, 1.807) is 6.92 Å². The van der Waals surface area contributed by atoms with Crippen molar-refractivity contribution < 1.29 is 19.7 Å². The third kappa shape index (κ3) is 1.43. The summed E-state index contributed by atoms with van der Waals surface area (Å²) in [6.07, 6.45) is -1.42. The van der Waals surface area contributed by atoms with E-state index in [2.05, 4.69) is 0 Å². The SMILES string of the molecule is CC1C(CO)OC(C(=O)O)C1N. The Morgan fingerprint density at radius 1 is 1.67 bits per heavy atom. The van der Waals surface area contributed by atoms with Crippen LogP contribution < -0.4 is 5.73 Å². The molecule has 0 aromatic rings.